The number of para-hydroxylation sites is 1. The van der Waals surface area contributed by atoms with Crippen LogP contribution < -0.4 is 4.90 Å². The molecule has 1 heterocycles. The SMILES string of the molecule is C=C(CC(C)C)N(c1ccccc1)C1CCN(C(=O)OC(C)(C)C)CC1. The Hall–Kier alpha value is -1.97. The standard InChI is InChI=1S/C22H34N2O2/c1-17(2)16-18(3)24(19-10-8-7-9-11-19)20-12-14-23(15-13-20)21(25)26-22(4,5)6/h7-11,17,20H,3,12-16H2,1-2,4-6H3. The summed E-state index contributed by atoms with van der Waals surface area (Å²) in [6.07, 6.45) is 2.61. The smallest absolute Gasteiger partial charge is 0.410 e. The van der Waals surface area contributed by atoms with Crippen molar-refractivity contribution in [2.45, 2.75) is 65.5 Å². The van der Waals surface area contributed by atoms with Gasteiger partial charge in [0.25, 0.3) is 0 Å². The Bertz CT molecular complexity index is 596. The molecule has 0 saturated carbocycles. The molecule has 1 amide bonds. The van der Waals surface area contributed by atoms with Gasteiger partial charge in [0.2, 0.25) is 0 Å². The molecule has 1 saturated heterocycles. The lowest BCUT2D eigenvalue weighted by atomic mass is 9.99. The van der Waals surface area contributed by atoms with E-state index in [1.807, 2.05) is 31.7 Å². The molecular formula is C22H34N2O2. The number of likely N-dealkylation sites (tertiary alicyclic amines) is 1. The first-order chi connectivity index (χ1) is 12.2. The molecule has 4 nitrogen and oxygen atoms in total. The molecule has 26 heavy (non-hydrogen) atoms. The number of piperidine rings is 1. The van der Waals surface area contributed by atoms with E-state index < -0.39 is 5.60 Å². The maximum Gasteiger partial charge on any atom is 0.410 e. The Morgan fingerprint density at radius 2 is 1.81 bits per heavy atom. The van der Waals surface area contributed by atoms with Gasteiger partial charge >= 0.3 is 6.09 Å². The van der Waals surface area contributed by atoms with Crippen molar-refractivity contribution in [2.75, 3.05) is 18.0 Å². The minimum absolute atomic E-state index is 0.205. The van der Waals surface area contributed by atoms with E-state index in [2.05, 4.69) is 49.6 Å². The number of anilines is 1. The third-order valence-electron chi connectivity index (χ3n) is 4.50. The molecule has 0 aliphatic carbocycles. The number of hydrogen-bond acceptors (Lipinski definition) is 3. The second kappa shape index (κ2) is 8.61. The molecule has 1 aromatic carbocycles. The van der Waals surface area contributed by atoms with Gasteiger partial charge in [0, 0.05) is 30.5 Å². The Morgan fingerprint density at radius 3 is 2.31 bits per heavy atom. The summed E-state index contributed by atoms with van der Waals surface area (Å²) in [5, 5.41) is 0. The predicted molar refractivity (Wildman–Crippen MR) is 108 cm³/mol. The third kappa shape index (κ3) is 5.79. The highest BCUT2D eigenvalue weighted by atomic mass is 16.6. The van der Waals surface area contributed by atoms with Crippen LogP contribution in [0.4, 0.5) is 10.5 Å². The Morgan fingerprint density at radius 1 is 1.23 bits per heavy atom. The maximum absolute atomic E-state index is 12.3. The van der Waals surface area contributed by atoms with Crippen molar-refractivity contribution in [3.05, 3.63) is 42.6 Å². The normalized spacial score (nSPS) is 15.8. The quantitative estimate of drug-likeness (QED) is 0.701. The Kier molecular flexibility index (Phi) is 6.74. The average Bonchev–Trinajstić information content (AvgIpc) is 2.54. The molecule has 4 heteroatoms. The minimum atomic E-state index is -0.449. The van der Waals surface area contributed by atoms with Crippen molar-refractivity contribution in [2.24, 2.45) is 5.92 Å². The van der Waals surface area contributed by atoms with Crippen LogP contribution in [0.1, 0.15) is 53.9 Å². The highest BCUT2D eigenvalue weighted by Gasteiger charge is 2.30. The summed E-state index contributed by atoms with van der Waals surface area (Å²) in [7, 11) is 0. The second-order valence-electron chi connectivity index (χ2n) is 8.57. The summed E-state index contributed by atoms with van der Waals surface area (Å²) < 4.78 is 5.51. The molecular weight excluding hydrogens is 324 g/mol. The van der Waals surface area contributed by atoms with Crippen LogP contribution in [0.5, 0.6) is 0 Å². The first-order valence-corrected chi connectivity index (χ1v) is 9.67. The predicted octanol–water partition coefficient (Wildman–Crippen LogP) is 5.45. The summed E-state index contributed by atoms with van der Waals surface area (Å²) >= 11 is 0. The summed E-state index contributed by atoms with van der Waals surface area (Å²) in [5.41, 5.74) is 1.89. The van der Waals surface area contributed by atoms with E-state index in [1.54, 1.807) is 0 Å². The van der Waals surface area contributed by atoms with Crippen LogP contribution >= 0.6 is 0 Å². The van der Waals surface area contributed by atoms with Crippen LogP contribution in [-0.4, -0.2) is 35.7 Å². The lowest BCUT2D eigenvalue weighted by Crippen LogP contribution is -2.47. The fraction of sp³-hybridized carbons (Fsp3) is 0.591. The number of hydrogen-bond donors (Lipinski definition) is 0. The molecule has 0 unspecified atom stereocenters. The highest BCUT2D eigenvalue weighted by molar-refractivity contribution is 5.68. The van der Waals surface area contributed by atoms with Gasteiger partial charge in [-0.25, -0.2) is 4.79 Å². The van der Waals surface area contributed by atoms with E-state index in [9.17, 15) is 4.79 Å². The van der Waals surface area contributed by atoms with Crippen LogP contribution in [0.25, 0.3) is 0 Å². The molecule has 2 rings (SSSR count). The second-order valence-corrected chi connectivity index (χ2v) is 8.57. The van der Waals surface area contributed by atoms with Gasteiger partial charge in [0.05, 0.1) is 0 Å². The van der Waals surface area contributed by atoms with Crippen molar-refractivity contribution in [3.63, 3.8) is 0 Å². The third-order valence-corrected chi connectivity index (χ3v) is 4.50. The fourth-order valence-corrected chi connectivity index (χ4v) is 3.44. The number of amides is 1. The van der Waals surface area contributed by atoms with E-state index in [1.165, 1.54) is 5.69 Å². The molecule has 144 valence electrons. The molecule has 1 fully saturated rings. The maximum atomic E-state index is 12.3. The number of carbonyl (C=O) groups is 1. The molecule has 0 spiro atoms. The van der Waals surface area contributed by atoms with Crippen LogP contribution in [0.2, 0.25) is 0 Å². The van der Waals surface area contributed by atoms with Crippen LogP contribution in [-0.2, 0) is 4.74 Å². The van der Waals surface area contributed by atoms with Crippen molar-refractivity contribution in [3.8, 4) is 0 Å². The lowest BCUT2D eigenvalue weighted by molar-refractivity contribution is 0.0206. The van der Waals surface area contributed by atoms with E-state index in [0.29, 0.717) is 12.0 Å². The van der Waals surface area contributed by atoms with Crippen molar-refractivity contribution >= 4 is 11.8 Å². The van der Waals surface area contributed by atoms with E-state index in [-0.39, 0.29) is 6.09 Å². The first-order valence-electron chi connectivity index (χ1n) is 9.67. The number of nitrogens with zero attached hydrogens (tertiary/aromatic N) is 2. The van der Waals surface area contributed by atoms with Crippen LogP contribution in [0, 0.1) is 5.92 Å². The van der Waals surface area contributed by atoms with Gasteiger partial charge in [-0.2, -0.15) is 0 Å². The van der Waals surface area contributed by atoms with Crippen LogP contribution in [0.3, 0.4) is 0 Å². The molecule has 1 aliphatic rings. The molecule has 0 radical (unpaired) electrons. The molecule has 1 aliphatic heterocycles. The van der Waals surface area contributed by atoms with Gasteiger partial charge in [0.15, 0.2) is 0 Å². The molecule has 0 N–H and O–H groups in total. The summed E-state index contributed by atoms with van der Waals surface area (Å²) in [6, 6.07) is 10.8. The monoisotopic (exact) mass is 358 g/mol. The van der Waals surface area contributed by atoms with E-state index in [0.717, 1.165) is 38.0 Å². The zero-order valence-electron chi connectivity index (χ0n) is 17.0. The lowest BCUT2D eigenvalue weighted by Gasteiger charge is -2.41. The number of carbonyl (C=O) groups excluding carboxylic acids is 1. The van der Waals surface area contributed by atoms with E-state index in [4.69, 9.17) is 4.74 Å². The Labute approximate surface area is 158 Å². The molecule has 0 aromatic heterocycles. The largest absolute Gasteiger partial charge is 0.444 e. The summed E-state index contributed by atoms with van der Waals surface area (Å²) in [6.45, 7) is 16.0. The summed E-state index contributed by atoms with van der Waals surface area (Å²) in [5.74, 6) is 0.565. The molecule has 1 aromatic rings. The zero-order valence-corrected chi connectivity index (χ0v) is 17.0. The number of allylic oxidation sites excluding steroid dienone is 1. The van der Waals surface area contributed by atoms with E-state index >= 15 is 0 Å². The Balaban J connectivity index is 2.07. The number of rotatable bonds is 5. The topological polar surface area (TPSA) is 32.8 Å². The van der Waals surface area contributed by atoms with Gasteiger partial charge < -0.3 is 14.5 Å². The van der Waals surface area contributed by atoms with Crippen molar-refractivity contribution in [1.29, 1.82) is 0 Å². The average molecular weight is 359 g/mol. The van der Waals surface area contributed by atoms with Gasteiger partial charge in [0.1, 0.15) is 5.60 Å². The highest BCUT2D eigenvalue weighted by Crippen LogP contribution is 2.30. The zero-order chi connectivity index (χ0) is 19.3. The molecule has 0 bridgehead atoms. The summed E-state index contributed by atoms with van der Waals surface area (Å²) in [4.78, 5) is 16.5. The van der Waals surface area contributed by atoms with Gasteiger partial charge in [-0.05, 0) is 58.1 Å². The molecule has 0 atom stereocenters. The minimum Gasteiger partial charge on any atom is -0.444 e. The van der Waals surface area contributed by atoms with Crippen molar-refractivity contribution in [1.82, 2.24) is 4.90 Å². The fourth-order valence-electron chi connectivity index (χ4n) is 3.44. The number of ether oxygens (including phenoxy) is 1. The first kappa shape index (κ1) is 20.3. The van der Waals surface area contributed by atoms with Gasteiger partial charge in [-0.15, -0.1) is 0 Å². The number of benzene rings is 1. The van der Waals surface area contributed by atoms with Crippen LogP contribution in [0.15, 0.2) is 42.6 Å². The van der Waals surface area contributed by atoms with Gasteiger partial charge in [-0.3, -0.25) is 0 Å². The van der Waals surface area contributed by atoms with Gasteiger partial charge in [-0.1, -0.05) is 38.6 Å². The van der Waals surface area contributed by atoms with Crippen molar-refractivity contribution < 1.29 is 9.53 Å².